The quantitative estimate of drug-likeness (QED) is 0.514. The van der Waals surface area contributed by atoms with Crippen LogP contribution in [0, 0.1) is 11.3 Å². The van der Waals surface area contributed by atoms with Crippen LogP contribution < -0.4 is 4.74 Å². The molecule has 0 amide bonds. The van der Waals surface area contributed by atoms with Crippen molar-refractivity contribution in [1.29, 1.82) is 5.26 Å². The highest BCUT2D eigenvalue weighted by atomic mass is 32.1. The monoisotopic (exact) mass is 457 g/mol. The minimum absolute atomic E-state index is 0.00961. The van der Waals surface area contributed by atoms with Gasteiger partial charge in [-0.25, -0.2) is 4.98 Å². The van der Waals surface area contributed by atoms with Gasteiger partial charge in [0.15, 0.2) is 13.8 Å². The van der Waals surface area contributed by atoms with E-state index < -0.39 is 6.61 Å². The standard InChI is InChI=1S/C25H24BN3O3S/c1-15(2)32-23-9-6-16(10-17(23)11-27)25-28-12-24(33-25)21-5-3-4-20-19(21)7-8-22(20)29(26)13-18(31)14-30/h3-6,9-10,12,15,22,30H,7-8,13-14H2,1-2H3/t22-/m1/s1. The van der Waals surface area contributed by atoms with E-state index in [0.717, 1.165) is 39.4 Å². The Bertz CT molecular complexity index is 1220. The molecule has 1 atom stereocenters. The smallest absolute Gasteiger partial charge is 0.183 e. The Morgan fingerprint density at radius 2 is 2.21 bits per heavy atom. The van der Waals surface area contributed by atoms with Crippen molar-refractivity contribution < 1.29 is 14.6 Å². The number of hydrogen-bond donors (Lipinski definition) is 1. The van der Waals surface area contributed by atoms with Gasteiger partial charge in [-0.15, -0.1) is 11.3 Å². The molecule has 166 valence electrons. The van der Waals surface area contributed by atoms with Crippen molar-refractivity contribution >= 4 is 25.1 Å². The molecule has 4 rings (SSSR count). The summed E-state index contributed by atoms with van der Waals surface area (Å²) in [7, 11) is 6.16. The number of carbonyl (C=O) groups excluding carboxylic acids is 1. The molecule has 0 bridgehead atoms. The van der Waals surface area contributed by atoms with E-state index >= 15 is 0 Å². The number of nitriles is 1. The highest BCUT2D eigenvalue weighted by Gasteiger charge is 2.28. The zero-order chi connectivity index (χ0) is 23.5. The Labute approximate surface area is 198 Å². The Balaban J connectivity index is 1.62. The first-order valence-corrected chi connectivity index (χ1v) is 11.7. The summed E-state index contributed by atoms with van der Waals surface area (Å²) in [6.45, 7) is 3.38. The summed E-state index contributed by atoms with van der Waals surface area (Å²) in [5.74, 6) is 0.279. The fourth-order valence-electron chi connectivity index (χ4n) is 4.21. The molecule has 0 unspecified atom stereocenters. The van der Waals surface area contributed by atoms with Crippen LogP contribution in [0.2, 0.25) is 0 Å². The summed E-state index contributed by atoms with van der Waals surface area (Å²) in [4.78, 5) is 18.8. The number of ether oxygens (including phenoxy) is 1. The van der Waals surface area contributed by atoms with E-state index in [9.17, 15) is 10.1 Å². The van der Waals surface area contributed by atoms with Gasteiger partial charge in [0.1, 0.15) is 23.4 Å². The predicted molar refractivity (Wildman–Crippen MR) is 129 cm³/mol. The molecule has 1 aromatic heterocycles. The second kappa shape index (κ2) is 9.88. The molecule has 3 aromatic rings. The number of benzene rings is 2. The van der Waals surface area contributed by atoms with Crippen molar-refractivity contribution in [2.24, 2.45) is 0 Å². The van der Waals surface area contributed by atoms with Crippen LogP contribution in [0.25, 0.3) is 21.0 Å². The Kier molecular flexibility index (Phi) is 6.94. The summed E-state index contributed by atoms with van der Waals surface area (Å²) in [6.07, 6.45) is 3.52. The second-order valence-corrected chi connectivity index (χ2v) is 9.35. The second-order valence-electron chi connectivity index (χ2n) is 8.32. The average Bonchev–Trinajstić information content (AvgIpc) is 3.46. The van der Waals surface area contributed by atoms with Gasteiger partial charge in [0, 0.05) is 24.3 Å². The molecule has 2 aromatic carbocycles. The normalized spacial score (nSPS) is 15.0. The fraction of sp³-hybridized carbons (Fsp3) is 0.320. The fourth-order valence-corrected chi connectivity index (χ4v) is 5.18. The summed E-state index contributed by atoms with van der Waals surface area (Å²) < 4.78 is 5.72. The van der Waals surface area contributed by atoms with Gasteiger partial charge in [-0.1, -0.05) is 18.2 Å². The van der Waals surface area contributed by atoms with Gasteiger partial charge in [0.2, 0.25) is 0 Å². The molecule has 1 aliphatic carbocycles. The van der Waals surface area contributed by atoms with Crippen molar-refractivity contribution in [3.63, 3.8) is 0 Å². The molecule has 8 heteroatoms. The van der Waals surface area contributed by atoms with E-state index in [1.165, 1.54) is 10.4 Å². The maximum absolute atomic E-state index is 11.6. The summed E-state index contributed by atoms with van der Waals surface area (Å²) in [6, 6.07) is 13.8. The lowest BCUT2D eigenvalue weighted by molar-refractivity contribution is -0.122. The molecular formula is C25H24BN3O3S. The van der Waals surface area contributed by atoms with Gasteiger partial charge in [-0.05, 0) is 61.6 Å². The number of thiazole rings is 1. The van der Waals surface area contributed by atoms with Crippen LogP contribution in [0.4, 0.5) is 0 Å². The SMILES string of the molecule is [B]N(CC(=O)CO)[C@@H]1CCc2c(-c3cnc(-c4ccc(OC(C)C)c(C#N)c4)s3)cccc21. The molecule has 0 fully saturated rings. The maximum Gasteiger partial charge on any atom is 0.183 e. The summed E-state index contributed by atoms with van der Waals surface area (Å²) in [5, 5.41) is 19.4. The molecule has 33 heavy (non-hydrogen) atoms. The Morgan fingerprint density at radius 3 is 2.94 bits per heavy atom. The van der Waals surface area contributed by atoms with Crippen LogP contribution in [-0.2, 0) is 11.2 Å². The first-order chi connectivity index (χ1) is 15.9. The number of aromatic nitrogens is 1. The largest absolute Gasteiger partial charge is 0.490 e. The van der Waals surface area contributed by atoms with Gasteiger partial charge in [-0.2, -0.15) is 5.26 Å². The lowest BCUT2D eigenvalue weighted by atomic mass is 9.99. The summed E-state index contributed by atoms with van der Waals surface area (Å²) in [5.41, 5.74) is 4.79. The Hall–Kier alpha value is -2.99. The Morgan fingerprint density at radius 1 is 1.39 bits per heavy atom. The highest BCUT2D eigenvalue weighted by molar-refractivity contribution is 7.18. The minimum Gasteiger partial charge on any atom is -0.490 e. The zero-order valence-electron chi connectivity index (χ0n) is 18.6. The molecule has 1 aliphatic rings. The van der Waals surface area contributed by atoms with Crippen LogP contribution in [0.5, 0.6) is 5.75 Å². The molecule has 1 N–H and O–H groups in total. The van der Waals surface area contributed by atoms with Gasteiger partial charge < -0.3 is 14.7 Å². The minimum atomic E-state index is -0.505. The number of rotatable bonds is 8. The molecule has 0 saturated carbocycles. The van der Waals surface area contributed by atoms with Crippen molar-refractivity contribution in [3.8, 4) is 32.8 Å². The molecule has 0 aliphatic heterocycles. The van der Waals surface area contributed by atoms with Crippen molar-refractivity contribution in [3.05, 3.63) is 59.3 Å². The van der Waals surface area contributed by atoms with Crippen LogP contribution in [0.15, 0.2) is 42.6 Å². The van der Waals surface area contributed by atoms with Gasteiger partial charge >= 0.3 is 0 Å². The third-order valence-electron chi connectivity index (χ3n) is 5.66. The van der Waals surface area contributed by atoms with Crippen molar-refractivity contribution in [2.75, 3.05) is 13.2 Å². The summed E-state index contributed by atoms with van der Waals surface area (Å²) >= 11 is 1.57. The van der Waals surface area contributed by atoms with E-state index in [2.05, 4.69) is 17.1 Å². The average molecular weight is 457 g/mol. The zero-order valence-corrected chi connectivity index (χ0v) is 19.4. The number of hydrogen-bond acceptors (Lipinski definition) is 7. The van der Waals surface area contributed by atoms with E-state index in [1.54, 1.807) is 11.3 Å². The van der Waals surface area contributed by atoms with E-state index in [1.807, 2.05) is 50.4 Å². The maximum atomic E-state index is 11.6. The van der Waals surface area contributed by atoms with E-state index in [-0.39, 0.29) is 24.5 Å². The van der Waals surface area contributed by atoms with Crippen LogP contribution in [0.1, 0.15) is 43.0 Å². The van der Waals surface area contributed by atoms with Crippen molar-refractivity contribution in [1.82, 2.24) is 9.79 Å². The van der Waals surface area contributed by atoms with Crippen LogP contribution in [0.3, 0.4) is 0 Å². The third kappa shape index (κ3) is 4.86. The molecular weight excluding hydrogens is 433 g/mol. The van der Waals surface area contributed by atoms with E-state index in [4.69, 9.17) is 17.8 Å². The first kappa shape index (κ1) is 23.2. The number of nitrogens with zero attached hydrogens (tertiary/aromatic N) is 3. The van der Waals surface area contributed by atoms with Gasteiger partial charge in [0.05, 0.1) is 16.5 Å². The van der Waals surface area contributed by atoms with E-state index in [0.29, 0.717) is 11.3 Å². The number of aliphatic hydroxyl groups excluding tert-OH is 1. The van der Waals surface area contributed by atoms with Crippen molar-refractivity contribution in [2.45, 2.75) is 38.8 Å². The highest BCUT2D eigenvalue weighted by Crippen LogP contribution is 2.42. The van der Waals surface area contributed by atoms with Crippen LogP contribution >= 0.6 is 11.3 Å². The molecule has 6 nitrogen and oxygen atoms in total. The van der Waals surface area contributed by atoms with Gasteiger partial charge in [0.25, 0.3) is 0 Å². The first-order valence-electron chi connectivity index (χ1n) is 10.8. The molecule has 0 saturated heterocycles. The van der Waals surface area contributed by atoms with Gasteiger partial charge in [-0.3, -0.25) is 4.79 Å². The number of Topliss-reactive ketones (excluding diaryl/α,β-unsaturated/α-hetero) is 1. The van der Waals surface area contributed by atoms with Crippen LogP contribution in [-0.4, -0.2) is 47.9 Å². The predicted octanol–water partition coefficient (Wildman–Crippen LogP) is 4.07. The number of carbonyl (C=O) groups is 1. The number of fused-ring (bicyclic) bond motifs is 1. The number of aliphatic hydroxyl groups is 1. The third-order valence-corrected chi connectivity index (χ3v) is 6.74. The molecule has 1 heterocycles. The molecule has 2 radical (unpaired) electrons. The topological polar surface area (TPSA) is 86.5 Å². The lowest BCUT2D eigenvalue weighted by Crippen LogP contribution is -2.31. The number of ketones is 1. The molecule has 0 spiro atoms. The lowest BCUT2D eigenvalue weighted by Gasteiger charge is -2.25.